The molecule has 0 amide bonds. The van der Waals surface area contributed by atoms with Crippen molar-refractivity contribution in [3.63, 3.8) is 0 Å². The highest BCUT2D eigenvalue weighted by Crippen LogP contribution is 2.26. The lowest BCUT2D eigenvalue weighted by Gasteiger charge is -2.02. The van der Waals surface area contributed by atoms with Crippen LogP contribution >= 0.6 is 0 Å². The largest absolute Gasteiger partial charge is 0.298 e. The zero-order valence-corrected chi connectivity index (χ0v) is 7.81. The summed E-state index contributed by atoms with van der Waals surface area (Å²) in [5.74, 6) is 0. The lowest BCUT2D eigenvalue weighted by Crippen LogP contribution is -1.84. The lowest BCUT2D eigenvalue weighted by atomic mass is 10.0. The molecule has 0 aromatic heterocycles. The van der Waals surface area contributed by atoms with E-state index in [1.165, 1.54) is 6.08 Å². The van der Waals surface area contributed by atoms with Gasteiger partial charge >= 0.3 is 0 Å². The van der Waals surface area contributed by atoms with Crippen LogP contribution in [0.3, 0.4) is 0 Å². The van der Waals surface area contributed by atoms with Gasteiger partial charge in [-0.3, -0.25) is 4.79 Å². The maximum absolute atomic E-state index is 10.9. The van der Waals surface area contributed by atoms with Crippen LogP contribution in [0.2, 0.25) is 0 Å². The first-order valence-electron chi connectivity index (χ1n) is 4.41. The monoisotopic (exact) mass is 197 g/mol. The summed E-state index contributed by atoms with van der Waals surface area (Å²) in [6, 6.07) is 10.9. The van der Waals surface area contributed by atoms with Crippen molar-refractivity contribution in [2.24, 2.45) is 4.99 Å². The highest BCUT2D eigenvalue weighted by molar-refractivity contribution is 6.03. The fraction of sp³-hybridized carbons (Fsp3) is 0. The van der Waals surface area contributed by atoms with Crippen molar-refractivity contribution in [1.82, 2.24) is 0 Å². The number of nitrogens with zero attached hydrogens (tertiary/aromatic N) is 1. The maximum Gasteiger partial charge on any atom is 0.240 e. The van der Waals surface area contributed by atoms with E-state index in [2.05, 4.69) is 4.99 Å². The van der Waals surface area contributed by atoms with E-state index in [0.29, 0.717) is 17.5 Å². The number of carbonyl (C=O) groups is 1. The van der Waals surface area contributed by atoms with E-state index in [1.807, 2.05) is 30.3 Å². The van der Waals surface area contributed by atoms with Crippen LogP contribution in [0.5, 0.6) is 0 Å². The highest BCUT2D eigenvalue weighted by atomic mass is 16.1. The summed E-state index contributed by atoms with van der Waals surface area (Å²) in [4.78, 5) is 24.6. The topological polar surface area (TPSA) is 46.5 Å². The summed E-state index contributed by atoms with van der Waals surface area (Å²) in [5.41, 5.74) is 0.787. The van der Waals surface area contributed by atoms with Gasteiger partial charge in [-0.25, -0.2) is 4.79 Å². The Balaban J connectivity index is 2.86. The molecule has 0 N–H and O–H groups in total. The highest BCUT2D eigenvalue weighted by Gasteiger charge is 2.05. The number of hydrogen-bond acceptors (Lipinski definition) is 3. The molecule has 0 saturated heterocycles. The number of aliphatic imine (C=N–C) groups is 1. The van der Waals surface area contributed by atoms with Gasteiger partial charge in [0.1, 0.15) is 0 Å². The molecule has 0 saturated carbocycles. The molecule has 3 nitrogen and oxygen atoms in total. The van der Waals surface area contributed by atoms with E-state index in [1.54, 1.807) is 6.07 Å². The fourth-order valence-electron chi connectivity index (χ4n) is 1.55. The van der Waals surface area contributed by atoms with Gasteiger partial charge in [0.05, 0.1) is 5.69 Å². The first-order chi connectivity index (χ1) is 7.36. The van der Waals surface area contributed by atoms with Crippen molar-refractivity contribution in [2.75, 3.05) is 0 Å². The molecule has 0 aliphatic carbocycles. The minimum Gasteiger partial charge on any atom is -0.298 e. The molecule has 0 spiro atoms. The summed E-state index contributed by atoms with van der Waals surface area (Å²) in [5, 5.41) is 1.74. The molecule has 0 atom stereocenters. The van der Waals surface area contributed by atoms with Crippen molar-refractivity contribution in [3.8, 4) is 0 Å². The molecule has 0 unspecified atom stereocenters. The Kier molecular flexibility index (Phi) is 2.40. The first kappa shape index (κ1) is 9.31. The lowest BCUT2D eigenvalue weighted by molar-refractivity contribution is 0.112. The molecule has 2 aromatic rings. The van der Waals surface area contributed by atoms with Gasteiger partial charge in [-0.2, -0.15) is 4.99 Å². The standard InChI is InChI=1S/C12H7NO2/c14-7-11-10-4-2-1-3-9(10)5-6-12(11)13-8-15/h1-7H. The van der Waals surface area contributed by atoms with E-state index >= 15 is 0 Å². The van der Waals surface area contributed by atoms with E-state index < -0.39 is 0 Å². The van der Waals surface area contributed by atoms with Crippen LogP contribution in [0.15, 0.2) is 41.4 Å². The van der Waals surface area contributed by atoms with Crippen molar-refractivity contribution < 1.29 is 9.59 Å². The predicted molar refractivity (Wildman–Crippen MR) is 57.1 cm³/mol. The Labute approximate surface area is 86.1 Å². The average Bonchev–Trinajstić information content (AvgIpc) is 2.29. The molecule has 2 rings (SSSR count). The van der Waals surface area contributed by atoms with Gasteiger partial charge in [-0.1, -0.05) is 30.3 Å². The van der Waals surface area contributed by atoms with Gasteiger partial charge in [0.25, 0.3) is 0 Å². The van der Waals surface area contributed by atoms with Crippen molar-refractivity contribution >= 4 is 28.8 Å². The van der Waals surface area contributed by atoms with Crippen molar-refractivity contribution in [1.29, 1.82) is 0 Å². The number of hydrogen-bond donors (Lipinski definition) is 0. The summed E-state index contributed by atoms with van der Waals surface area (Å²) in [7, 11) is 0. The molecule has 3 heteroatoms. The molecule has 0 aliphatic rings. The number of rotatable bonds is 2. The molecular weight excluding hydrogens is 190 g/mol. The van der Waals surface area contributed by atoms with Gasteiger partial charge < -0.3 is 0 Å². The minimum atomic E-state index is 0.360. The molecule has 0 bridgehead atoms. The summed E-state index contributed by atoms with van der Waals surface area (Å²) >= 11 is 0. The second kappa shape index (κ2) is 3.86. The molecule has 0 aliphatic heterocycles. The van der Waals surface area contributed by atoms with Crippen LogP contribution in [-0.2, 0) is 4.79 Å². The van der Waals surface area contributed by atoms with E-state index in [-0.39, 0.29) is 0 Å². The second-order valence-corrected chi connectivity index (χ2v) is 3.04. The number of fused-ring (bicyclic) bond motifs is 1. The van der Waals surface area contributed by atoms with E-state index in [4.69, 9.17) is 0 Å². The normalized spacial score (nSPS) is 9.60. The smallest absolute Gasteiger partial charge is 0.240 e. The zero-order valence-electron chi connectivity index (χ0n) is 7.81. The van der Waals surface area contributed by atoms with Crippen LogP contribution in [0.1, 0.15) is 10.4 Å². The first-order valence-corrected chi connectivity index (χ1v) is 4.41. The third kappa shape index (κ3) is 1.56. The van der Waals surface area contributed by atoms with Gasteiger partial charge in [0.2, 0.25) is 6.08 Å². The molecule has 0 fully saturated rings. The molecule has 2 aromatic carbocycles. The Bertz CT molecular complexity index is 569. The number of carbonyl (C=O) groups excluding carboxylic acids is 2. The Hall–Kier alpha value is -2.25. The van der Waals surface area contributed by atoms with Crippen LogP contribution in [0, 0.1) is 0 Å². The molecular formula is C12H7NO2. The second-order valence-electron chi connectivity index (χ2n) is 3.04. The van der Waals surface area contributed by atoms with Crippen LogP contribution in [0.25, 0.3) is 10.8 Å². The Morgan fingerprint density at radius 3 is 2.67 bits per heavy atom. The van der Waals surface area contributed by atoms with Crippen LogP contribution in [-0.4, -0.2) is 12.4 Å². The number of benzene rings is 2. The van der Waals surface area contributed by atoms with Crippen molar-refractivity contribution in [2.45, 2.75) is 0 Å². The Morgan fingerprint density at radius 1 is 1.13 bits per heavy atom. The van der Waals surface area contributed by atoms with Gasteiger partial charge in [0.15, 0.2) is 6.29 Å². The van der Waals surface area contributed by atoms with Crippen LogP contribution in [0.4, 0.5) is 5.69 Å². The Morgan fingerprint density at radius 2 is 1.93 bits per heavy atom. The predicted octanol–water partition coefficient (Wildman–Crippen LogP) is 2.62. The fourth-order valence-corrected chi connectivity index (χ4v) is 1.55. The summed E-state index contributed by atoms with van der Waals surface area (Å²) in [6.45, 7) is 0. The summed E-state index contributed by atoms with van der Waals surface area (Å²) < 4.78 is 0. The summed E-state index contributed by atoms with van der Waals surface area (Å²) in [6.07, 6.45) is 2.15. The third-order valence-electron chi connectivity index (χ3n) is 2.23. The quantitative estimate of drug-likeness (QED) is 0.422. The average molecular weight is 197 g/mol. The SMILES string of the molecule is O=C=Nc1ccc2ccccc2c1C=O. The molecule has 0 radical (unpaired) electrons. The minimum absolute atomic E-state index is 0.360. The maximum atomic E-state index is 10.9. The van der Waals surface area contributed by atoms with Crippen LogP contribution < -0.4 is 0 Å². The van der Waals surface area contributed by atoms with Gasteiger partial charge in [0, 0.05) is 5.56 Å². The van der Waals surface area contributed by atoms with Gasteiger partial charge in [-0.15, -0.1) is 0 Å². The molecule has 15 heavy (non-hydrogen) atoms. The number of aldehydes is 1. The van der Waals surface area contributed by atoms with E-state index in [0.717, 1.165) is 10.8 Å². The molecule has 0 heterocycles. The van der Waals surface area contributed by atoms with Crippen molar-refractivity contribution in [3.05, 3.63) is 42.0 Å². The molecule has 72 valence electrons. The van der Waals surface area contributed by atoms with E-state index in [9.17, 15) is 9.59 Å². The van der Waals surface area contributed by atoms with Gasteiger partial charge in [-0.05, 0) is 16.8 Å². The number of isocyanates is 1. The zero-order chi connectivity index (χ0) is 10.7. The third-order valence-corrected chi connectivity index (χ3v) is 2.23.